The van der Waals surface area contributed by atoms with E-state index in [1.54, 1.807) is 0 Å². The molecule has 4 atom stereocenters. The maximum atomic E-state index is 12.8. The first-order valence-corrected chi connectivity index (χ1v) is 6.96. The van der Waals surface area contributed by atoms with Crippen LogP contribution in [0.3, 0.4) is 0 Å². The topological polar surface area (TPSA) is 127 Å². The van der Waals surface area contributed by atoms with E-state index < -0.39 is 68.0 Å². The van der Waals surface area contributed by atoms with E-state index in [0.29, 0.717) is 0 Å². The van der Waals surface area contributed by atoms with Gasteiger partial charge in [0.25, 0.3) is 0 Å². The van der Waals surface area contributed by atoms with Gasteiger partial charge in [0.05, 0.1) is 13.1 Å². The van der Waals surface area contributed by atoms with E-state index in [1.165, 1.54) is 0 Å². The van der Waals surface area contributed by atoms with Gasteiger partial charge in [-0.1, -0.05) is 0 Å². The molecule has 1 rings (SSSR count). The molecular formula is C6H6F6N2O6S2-2. The van der Waals surface area contributed by atoms with Gasteiger partial charge in [0.15, 0.2) is 0 Å². The summed E-state index contributed by atoms with van der Waals surface area (Å²) in [6.07, 6.45) is -11.7. The molecule has 0 bridgehead atoms. The van der Waals surface area contributed by atoms with Crippen molar-refractivity contribution in [1.29, 1.82) is 0 Å². The van der Waals surface area contributed by atoms with Crippen molar-refractivity contribution < 1.29 is 54.1 Å². The van der Waals surface area contributed by atoms with E-state index in [1.807, 2.05) is 0 Å². The standard InChI is InChI=1S/C6H8F6N2O6S2/c7-5(8,9)3(15)1-13(21(17)18)4(16,6(10,11)12)2-14(3)22(19)20/h15-16H,1-2H2,(H,17,18)(H,19,20)/p-2/t3-,4-/m1/s1. The van der Waals surface area contributed by atoms with Crippen LogP contribution >= 0.6 is 0 Å². The van der Waals surface area contributed by atoms with E-state index in [9.17, 15) is 54.1 Å². The molecule has 2 N–H and O–H groups in total. The summed E-state index contributed by atoms with van der Waals surface area (Å²) in [5.41, 5.74) is -8.95. The molecule has 0 aromatic rings. The number of rotatable bonds is 2. The second-order valence-corrected chi connectivity index (χ2v) is 5.89. The van der Waals surface area contributed by atoms with Gasteiger partial charge in [-0.25, -0.2) is 0 Å². The molecule has 22 heavy (non-hydrogen) atoms. The van der Waals surface area contributed by atoms with Crippen molar-refractivity contribution in [2.45, 2.75) is 23.8 Å². The fraction of sp³-hybridized carbons (Fsp3) is 1.00. The highest BCUT2D eigenvalue weighted by molar-refractivity contribution is 7.77. The molecule has 16 heteroatoms. The Morgan fingerprint density at radius 3 is 1.18 bits per heavy atom. The molecule has 1 fully saturated rings. The van der Waals surface area contributed by atoms with Crippen LogP contribution in [0.1, 0.15) is 0 Å². The summed E-state index contributed by atoms with van der Waals surface area (Å²) in [7, 11) is 0. The SMILES string of the molecule is O=S([O-])N1C[C@@](O)(C(F)(F)F)N(S(=O)[O-])C[C@@]1(O)C(F)(F)F. The normalized spacial score (nSPS) is 35.4. The maximum Gasteiger partial charge on any atom is 0.433 e. The third kappa shape index (κ3) is 3.01. The predicted molar refractivity (Wildman–Crippen MR) is 53.3 cm³/mol. The first kappa shape index (κ1) is 19.7. The van der Waals surface area contributed by atoms with Gasteiger partial charge in [-0.2, -0.15) is 35.0 Å². The Hall–Kier alpha value is -0.360. The highest BCUT2D eigenvalue weighted by Crippen LogP contribution is 2.45. The quantitative estimate of drug-likeness (QED) is 0.453. The molecule has 0 saturated carbocycles. The minimum atomic E-state index is -5.84. The van der Waals surface area contributed by atoms with Crippen molar-refractivity contribution in [2.24, 2.45) is 0 Å². The number of nitrogens with zero attached hydrogens (tertiary/aromatic N) is 2. The number of aliphatic hydroxyl groups is 2. The zero-order valence-electron chi connectivity index (χ0n) is 9.92. The molecule has 1 aliphatic heterocycles. The summed E-state index contributed by atoms with van der Waals surface area (Å²) >= 11 is -8.10. The smallest absolute Gasteiger partial charge is 0.433 e. The number of alkyl halides is 6. The molecule has 0 radical (unpaired) electrons. The maximum absolute atomic E-state index is 12.8. The highest BCUT2D eigenvalue weighted by Gasteiger charge is 2.71. The molecule has 1 heterocycles. The molecule has 1 aliphatic rings. The number of β-amino-alcohol motifs (C(OH)–C–C–N with tert-alkyl or cyclic N) is 2. The average Bonchev–Trinajstić information content (AvgIpc) is 2.28. The number of halogens is 6. The first-order chi connectivity index (χ1) is 9.58. The second kappa shape index (κ2) is 5.62. The minimum absolute atomic E-state index is 1.12. The van der Waals surface area contributed by atoms with Gasteiger partial charge >= 0.3 is 12.4 Å². The fourth-order valence-electron chi connectivity index (χ4n) is 1.63. The third-order valence-electron chi connectivity index (χ3n) is 2.82. The molecule has 132 valence electrons. The van der Waals surface area contributed by atoms with Crippen molar-refractivity contribution in [3.63, 3.8) is 0 Å². The van der Waals surface area contributed by atoms with Crippen molar-refractivity contribution in [3.8, 4) is 0 Å². The van der Waals surface area contributed by atoms with E-state index in [-0.39, 0.29) is 0 Å². The summed E-state index contributed by atoms with van der Waals surface area (Å²) in [6, 6.07) is 0. The van der Waals surface area contributed by atoms with Crippen LogP contribution in [0.25, 0.3) is 0 Å². The average molecular weight is 380 g/mol. The van der Waals surface area contributed by atoms with Gasteiger partial charge in [-0.15, -0.1) is 0 Å². The Morgan fingerprint density at radius 2 is 1.05 bits per heavy atom. The van der Waals surface area contributed by atoms with Gasteiger partial charge < -0.3 is 19.3 Å². The molecule has 0 aliphatic carbocycles. The molecule has 0 spiro atoms. The number of hydrogen-bond donors (Lipinski definition) is 2. The molecular weight excluding hydrogens is 374 g/mol. The van der Waals surface area contributed by atoms with Crippen LogP contribution in [-0.2, 0) is 22.5 Å². The Labute approximate surface area is 123 Å². The molecule has 0 aromatic carbocycles. The van der Waals surface area contributed by atoms with Gasteiger partial charge in [-0.3, -0.25) is 8.42 Å². The van der Waals surface area contributed by atoms with Crippen LogP contribution in [0.2, 0.25) is 0 Å². The summed E-state index contributed by atoms with van der Waals surface area (Å²) < 4.78 is 117. The van der Waals surface area contributed by atoms with Crippen LogP contribution in [0.15, 0.2) is 0 Å². The first-order valence-electron chi connectivity index (χ1n) is 4.90. The molecule has 1 saturated heterocycles. The lowest BCUT2D eigenvalue weighted by molar-refractivity contribution is -0.368. The lowest BCUT2D eigenvalue weighted by atomic mass is 10.1. The minimum Gasteiger partial charge on any atom is -0.759 e. The van der Waals surface area contributed by atoms with Crippen molar-refractivity contribution in [3.05, 3.63) is 0 Å². The molecule has 2 unspecified atom stereocenters. The molecule has 0 amide bonds. The zero-order chi connectivity index (χ0) is 17.7. The van der Waals surface area contributed by atoms with E-state index in [4.69, 9.17) is 0 Å². The summed E-state index contributed by atoms with van der Waals surface area (Å²) in [6.45, 7) is -4.81. The van der Waals surface area contributed by atoms with Crippen LogP contribution in [0.4, 0.5) is 26.3 Å². The van der Waals surface area contributed by atoms with Gasteiger partial charge in [0.2, 0.25) is 11.4 Å². The number of piperazine rings is 1. The van der Waals surface area contributed by atoms with Gasteiger partial charge in [0, 0.05) is 22.5 Å². The predicted octanol–water partition coefficient (Wildman–Crippen LogP) is -1.31. The third-order valence-corrected chi connectivity index (χ3v) is 4.40. The highest BCUT2D eigenvalue weighted by atomic mass is 32.2. The van der Waals surface area contributed by atoms with E-state index in [0.717, 1.165) is 0 Å². The van der Waals surface area contributed by atoms with Crippen LogP contribution in [-0.4, -0.2) is 73.2 Å². The van der Waals surface area contributed by atoms with Crippen molar-refractivity contribution in [2.75, 3.05) is 13.1 Å². The van der Waals surface area contributed by atoms with Crippen LogP contribution < -0.4 is 0 Å². The zero-order valence-corrected chi connectivity index (χ0v) is 11.6. The summed E-state index contributed by atoms with van der Waals surface area (Å²) in [5.74, 6) is 0. The number of hydrogen-bond acceptors (Lipinski definition) is 6. The second-order valence-electron chi connectivity index (χ2n) is 4.14. The van der Waals surface area contributed by atoms with Crippen molar-refractivity contribution in [1.82, 2.24) is 8.61 Å². The van der Waals surface area contributed by atoms with Crippen LogP contribution in [0.5, 0.6) is 0 Å². The summed E-state index contributed by atoms with van der Waals surface area (Å²) in [4.78, 5) is 0. The van der Waals surface area contributed by atoms with E-state index >= 15 is 0 Å². The monoisotopic (exact) mass is 380 g/mol. The Bertz CT molecular complexity index is 457. The Balaban J connectivity index is 3.50. The van der Waals surface area contributed by atoms with Crippen LogP contribution in [0, 0.1) is 0 Å². The Kier molecular flexibility index (Phi) is 5.03. The Morgan fingerprint density at radius 1 is 0.818 bits per heavy atom. The lowest BCUT2D eigenvalue weighted by Gasteiger charge is -2.54. The fourth-order valence-corrected chi connectivity index (χ4v) is 3.02. The van der Waals surface area contributed by atoms with Gasteiger partial charge in [0.1, 0.15) is 0 Å². The largest absolute Gasteiger partial charge is 0.759 e. The van der Waals surface area contributed by atoms with Gasteiger partial charge in [-0.05, 0) is 0 Å². The van der Waals surface area contributed by atoms with E-state index in [2.05, 4.69) is 0 Å². The molecule has 0 aromatic heterocycles. The molecule has 8 nitrogen and oxygen atoms in total. The lowest BCUT2D eigenvalue weighted by Crippen LogP contribution is -2.79. The summed E-state index contributed by atoms with van der Waals surface area (Å²) in [5, 5.41) is 18.7. The van der Waals surface area contributed by atoms with Crippen molar-refractivity contribution >= 4 is 22.5 Å².